The van der Waals surface area contributed by atoms with Crippen LogP contribution in [-0.2, 0) is 10.2 Å². The maximum atomic E-state index is 14.8. The molecule has 2 aliphatic heterocycles. The number of aliphatic imine (C=N–C) groups is 1. The van der Waals surface area contributed by atoms with Crippen LogP contribution in [0.25, 0.3) is 0 Å². The smallest absolute Gasteiger partial charge is 0.326 e. The van der Waals surface area contributed by atoms with E-state index in [0.717, 1.165) is 23.2 Å². The van der Waals surface area contributed by atoms with Gasteiger partial charge in [-0.15, -0.1) is 12.4 Å². The number of ether oxygens (including phenoxy) is 1. The molecule has 266 valence electrons. The Kier molecular flexibility index (Phi) is 14.3. The van der Waals surface area contributed by atoms with Gasteiger partial charge in [0.2, 0.25) is 5.91 Å². The average molecular weight is 752 g/mol. The lowest BCUT2D eigenvalue weighted by Crippen LogP contribution is -2.54. The van der Waals surface area contributed by atoms with Gasteiger partial charge in [0.15, 0.2) is 0 Å². The summed E-state index contributed by atoms with van der Waals surface area (Å²) in [5.74, 6) is 1.06. The first-order valence-corrected chi connectivity index (χ1v) is 17.1. The number of hydrogen-bond acceptors (Lipinski definition) is 5. The van der Waals surface area contributed by atoms with Crippen LogP contribution in [0.4, 0.5) is 4.79 Å². The average Bonchev–Trinajstić information content (AvgIpc) is 3.42. The summed E-state index contributed by atoms with van der Waals surface area (Å²) in [6.45, 7) is 13.9. The Morgan fingerprint density at radius 3 is 2.02 bits per heavy atom. The maximum absolute atomic E-state index is 14.8. The van der Waals surface area contributed by atoms with Crippen molar-refractivity contribution in [3.63, 3.8) is 0 Å². The Morgan fingerprint density at radius 1 is 0.918 bits per heavy atom. The Balaban J connectivity index is 0.00000325. The van der Waals surface area contributed by atoms with Gasteiger partial charge in [0, 0.05) is 61.3 Å². The van der Waals surface area contributed by atoms with Gasteiger partial charge in [0.05, 0.1) is 18.2 Å². The van der Waals surface area contributed by atoms with E-state index in [2.05, 4.69) is 31.0 Å². The summed E-state index contributed by atoms with van der Waals surface area (Å²) in [4.78, 5) is 37.4. The zero-order valence-corrected chi connectivity index (χ0v) is 31.0. The first-order valence-electron chi connectivity index (χ1n) is 16.0. The fourth-order valence-electron chi connectivity index (χ4n) is 6.14. The number of carbonyl (C=O) groups excluding carboxylic acids is 2. The highest BCUT2D eigenvalue weighted by Crippen LogP contribution is 2.46. The second-order valence-corrected chi connectivity index (χ2v) is 14.2. The van der Waals surface area contributed by atoms with Gasteiger partial charge in [0.25, 0.3) is 0 Å². The number of hydrogen-bond donors (Lipinski definition) is 1. The summed E-state index contributed by atoms with van der Waals surface area (Å²) in [7, 11) is 0. The lowest BCUT2D eigenvalue weighted by molar-refractivity contribution is -0.119. The summed E-state index contributed by atoms with van der Waals surface area (Å²) in [6, 6.07) is 18.0. The van der Waals surface area contributed by atoms with Crippen LogP contribution in [0.15, 0.2) is 65.7 Å². The van der Waals surface area contributed by atoms with Gasteiger partial charge in [-0.2, -0.15) is 0 Å². The number of halogens is 4. The molecule has 2 aliphatic rings. The minimum atomic E-state index is -0.482. The molecule has 3 amide bonds. The number of amidine groups is 1. The normalized spacial score (nSPS) is 17.9. The molecule has 5 rings (SSSR count). The molecular weight excluding hydrogens is 704 g/mol. The number of carbonyl (C=O) groups is 2. The van der Waals surface area contributed by atoms with Crippen molar-refractivity contribution in [3.8, 4) is 5.75 Å². The number of piperazine rings is 1. The largest absolute Gasteiger partial charge is 0.493 e. The molecule has 0 aliphatic carbocycles. The highest BCUT2D eigenvalue weighted by molar-refractivity contribution is 6.32. The molecule has 2 atom stereocenters. The van der Waals surface area contributed by atoms with Gasteiger partial charge in [-0.25, -0.2) is 4.79 Å². The van der Waals surface area contributed by atoms with Crippen LogP contribution in [0.1, 0.15) is 76.4 Å². The molecule has 0 unspecified atom stereocenters. The third kappa shape index (κ3) is 9.41. The second kappa shape index (κ2) is 17.3. The third-order valence-corrected chi connectivity index (χ3v) is 9.38. The fourth-order valence-corrected chi connectivity index (χ4v) is 6.84. The standard InChI is InChI=1S/C36H42Cl3N5O3.CH4.ClH/c1-6-47-31-22-29(36(3,4)5)30(39)21-28(31)34-41-32(24-7-11-26(37)12-8-24)33(25-9-13-27(38)14-10-25)44(34)35(46)43-19-17-42(18-20-43)16-15-40-23(2)45;;/h7-14,21-22,32-33H,6,15-20H2,1-5H3,(H,40,45);1H4;1H/t32-,33+;;/m0../s1. The first kappa shape index (κ1) is 40.4. The lowest BCUT2D eigenvalue weighted by atomic mass is 9.86. The van der Waals surface area contributed by atoms with Crippen molar-refractivity contribution in [2.45, 2.75) is 59.5 Å². The van der Waals surface area contributed by atoms with Crippen molar-refractivity contribution in [1.82, 2.24) is 20.0 Å². The SMILES string of the molecule is C.CCOc1cc(C(C)(C)C)c(Cl)cc1C1=N[C@@H](c2ccc(Cl)cc2)[C@@H](c2ccc(Cl)cc2)N1C(=O)N1CCN(CCNC(C)=O)CC1.Cl. The monoisotopic (exact) mass is 749 g/mol. The van der Waals surface area contributed by atoms with E-state index in [1.165, 1.54) is 6.92 Å². The number of rotatable bonds is 8. The van der Waals surface area contributed by atoms with E-state index in [1.807, 2.05) is 72.5 Å². The van der Waals surface area contributed by atoms with E-state index in [-0.39, 0.29) is 37.2 Å². The highest BCUT2D eigenvalue weighted by Gasteiger charge is 2.45. The topological polar surface area (TPSA) is 77.5 Å². The summed E-state index contributed by atoms with van der Waals surface area (Å²) in [5.41, 5.74) is 3.18. The van der Waals surface area contributed by atoms with Gasteiger partial charge < -0.3 is 15.0 Å². The molecule has 3 aromatic carbocycles. The Bertz CT molecular complexity index is 1620. The third-order valence-electron chi connectivity index (χ3n) is 8.56. The molecular formula is C37H47Cl4N5O3. The highest BCUT2D eigenvalue weighted by atomic mass is 35.5. The van der Waals surface area contributed by atoms with E-state index >= 15 is 0 Å². The molecule has 49 heavy (non-hydrogen) atoms. The Labute approximate surface area is 312 Å². The van der Waals surface area contributed by atoms with E-state index in [0.29, 0.717) is 71.5 Å². The van der Waals surface area contributed by atoms with Crippen LogP contribution in [0, 0.1) is 0 Å². The predicted octanol–water partition coefficient (Wildman–Crippen LogP) is 8.82. The number of urea groups is 1. The van der Waals surface area contributed by atoms with Crippen LogP contribution in [0.3, 0.4) is 0 Å². The summed E-state index contributed by atoms with van der Waals surface area (Å²) < 4.78 is 6.23. The zero-order valence-electron chi connectivity index (χ0n) is 27.9. The number of benzene rings is 3. The van der Waals surface area contributed by atoms with E-state index < -0.39 is 12.1 Å². The molecule has 2 heterocycles. The van der Waals surface area contributed by atoms with Crippen LogP contribution in [0.5, 0.6) is 5.75 Å². The molecule has 3 aromatic rings. The zero-order chi connectivity index (χ0) is 33.9. The number of amides is 3. The van der Waals surface area contributed by atoms with Crippen LogP contribution in [-0.4, -0.2) is 78.3 Å². The lowest BCUT2D eigenvalue weighted by Gasteiger charge is -2.39. The van der Waals surface area contributed by atoms with Crippen molar-refractivity contribution in [1.29, 1.82) is 0 Å². The molecule has 12 heteroatoms. The van der Waals surface area contributed by atoms with Gasteiger partial charge in [-0.1, -0.05) is 87.3 Å². The minimum absolute atomic E-state index is 0. The van der Waals surface area contributed by atoms with Gasteiger partial charge in [-0.05, 0) is 65.4 Å². The quantitative estimate of drug-likeness (QED) is 0.250. The second-order valence-electron chi connectivity index (χ2n) is 12.9. The van der Waals surface area contributed by atoms with Gasteiger partial charge in [-0.3, -0.25) is 19.6 Å². The van der Waals surface area contributed by atoms with E-state index in [9.17, 15) is 9.59 Å². The van der Waals surface area contributed by atoms with Gasteiger partial charge >= 0.3 is 6.03 Å². The van der Waals surface area contributed by atoms with Crippen LogP contribution >= 0.6 is 47.2 Å². The van der Waals surface area contributed by atoms with Crippen molar-refractivity contribution >= 4 is 65.0 Å². The molecule has 8 nitrogen and oxygen atoms in total. The van der Waals surface area contributed by atoms with Crippen molar-refractivity contribution in [2.24, 2.45) is 4.99 Å². The number of nitrogens with zero attached hydrogens (tertiary/aromatic N) is 4. The maximum Gasteiger partial charge on any atom is 0.326 e. The molecule has 0 bridgehead atoms. The van der Waals surface area contributed by atoms with Crippen molar-refractivity contribution < 1.29 is 14.3 Å². The summed E-state index contributed by atoms with van der Waals surface area (Å²) in [6.07, 6.45) is 0. The summed E-state index contributed by atoms with van der Waals surface area (Å²) >= 11 is 19.6. The molecule has 0 aromatic heterocycles. The summed E-state index contributed by atoms with van der Waals surface area (Å²) in [5, 5.41) is 4.66. The van der Waals surface area contributed by atoms with Gasteiger partial charge in [0.1, 0.15) is 17.6 Å². The minimum Gasteiger partial charge on any atom is -0.493 e. The van der Waals surface area contributed by atoms with Crippen molar-refractivity contribution in [3.05, 3.63) is 98.0 Å². The Morgan fingerprint density at radius 2 is 1.49 bits per heavy atom. The fraction of sp³-hybridized carbons (Fsp3) is 0.432. The predicted molar refractivity (Wildman–Crippen MR) is 204 cm³/mol. The first-order chi connectivity index (χ1) is 22.4. The van der Waals surface area contributed by atoms with Crippen molar-refractivity contribution in [2.75, 3.05) is 45.9 Å². The molecule has 1 saturated heterocycles. The molecule has 1 N–H and O–H groups in total. The van der Waals surface area contributed by atoms with Crippen LogP contribution < -0.4 is 10.1 Å². The molecule has 1 fully saturated rings. The molecule has 0 spiro atoms. The molecule has 0 saturated carbocycles. The van der Waals surface area contributed by atoms with E-state index in [1.54, 1.807) is 4.90 Å². The molecule has 0 radical (unpaired) electrons. The Hall–Kier alpha value is -3.01. The van der Waals surface area contributed by atoms with E-state index in [4.69, 9.17) is 44.5 Å². The van der Waals surface area contributed by atoms with Crippen LogP contribution in [0.2, 0.25) is 15.1 Å². The number of nitrogens with one attached hydrogen (secondary N) is 1.